The first-order chi connectivity index (χ1) is 17.1. The molecule has 3 atom stereocenters. The molecule has 7 nitrogen and oxygen atoms in total. The first-order valence-electron chi connectivity index (χ1n) is 11.8. The zero-order valence-corrected chi connectivity index (χ0v) is 19.6. The normalized spacial score (nSPS) is 16.7. The van der Waals surface area contributed by atoms with Gasteiger partial charge in [-0.2, -0.15) is 0 Å². The molecule has 1 unspecified atom stereocenters. The number of nitrogens with zero attached hydrogens (tertiary/aromatic N) is 1. The molecule has 3 aromatic carbocycles. The zero-order chi connectivity index (χ0) is 24.6. The number of rotatable bonds is 10. The van der Waals surface area contributed by atoms with Crippen molar-refractivity contribution in [3.05, 3.63) is 101 Å². The molecule has 1 heterocycles. The molecule has 0 aliphatic carbocycles. The quantitative estimate of drug-likeness (QED) is 0.412. The summed E-state index contributed by atoms with van der Waals surface area (Å²) in [5.74, 6) is -0.0587. The zero-order valence-electron chi connectivity index (χ0n) is 19.6. The highest BCUT2D eigenvalue weighted by Crippen LogP contribution is 2.30. The van der Waals surface area contributed by atoms with Crippen molar-refractivity contribution in [3.8, 4) is 5.75 Å². The Kier molecular flexibility index (Phi) is 8.13. The lowest BCUT2D eigenvalue weighted by atomic mass is 9.97. The van der Waals surface area contributed by atoms with E-state index in [9.17, 15) is 15.0 Å². The second kappa shape index (κ2) is 11.6. The minimum Gasteiger partial charge on any atom is -0.508 e. The summed E-state index contributed by atoms with van der Waals surface area (Å²) in [5, 5.41) is 26.5. The number of ether oxygens (including phenoxy) is 1. The van der Waals surface area contributed by atoms with Gasteiger partial charge in [0.2, 0.25) is 5.91 Å². The number of phenolic OH excluding ortho intramolecular Hbond substituents is 1. The van der Waals surface area contributed by atoms with Crippen LogP contribution in [0.3, 0.4) is 0 Å². The third kappa shape index (κ3) is 6.26. The number of phenols is 1. The molecule has 0 spiro atoms. The molecule has 3 N–H and O–H groups in total. The molecule has 35 heavy (non-hydrogen) atoms. The van der Waals surface area contributed by atoms with Crippen LogP contribution in [0.1, 0.15) is 47.7 Å². The summed E-state index contributed by atoms with van der Waals surface area (Å²) in [6.07, 6.45) is 0.0959. The fourth-order valence-electron chi connectivity index (χ4n) is 4.12. The number of nitrogens with one attached hydrogen (secondary N) is 1. The lowest BCUT2D eigenvalue weighted by Crippen LogP contribution is -2.41. The number of carbonyl (C=O) groups excluding carboxylic acids is 1. The molecule has 0 fully saturated rings. The van der Waals surface area contributed by atoms with Gasteiger partial charge >= 0.3 is 0 Å². The molecular formula is C28H30N2O5. The van der Waals surface area contributed by atoms with E-state index in [2.05, 4.69) is 10.5 Å². The third-order valence-electron chi connectivity index (χ3n) is 5.98. The molecule has 1 aliphatic rings. The van der Waals surface area contributed by atoms with E-state index in [4.69, 9.17) is 9.57 Å². The van der Waals surface area contributed by atoms with Gasteiger partial charge in [0.15, 0.2) is 6.10 Å². The SMILES string of the molecule is CCO[C@@H](Cc1cccc(C2=NOC(c3ccc(O)cc3)C2)c1)C(=O)N[C@@H](CO)c1ccccc1. The molecule has 7 heteroatoms. The molecule has 0 saturated carbocycles. The van der Waals surface area contributed by atoms with Crippen molar-refractivity contribution in [1.29, 1.82) is 0 Å². The minimum absolute atomic E-state index is 0.202. The van der Waals surface area contributed by atoms with Gasteiger partial charge in [0.05, 0.1) is 18.4 Å². The Morgan fingerprint density at radius 1 is 1.11 bits per heavy atom. The van der Waals surface area contributed by atoms with Crippen LogP contribution >= 0.6 is 0 Å². The average Bonchev–Trinajstić information content (AvgIpc) is 3.38. The number of amides is 1. The Hall–Kier alpha value is -3.68. The predicted octanol–water partition coefficient (Wildman–Crippen LogP) is 4.06. The Bertz CT molecular complexity index is 1150. The van der Waals surface area contributed by atoms with Crippen LogP contribution in [0.15, 0.2) is 84.0 Å². The maximum absolute atomic E-state index is 13.0. The Balaban J connectivity index is 1.43. The van der Waals surface area contributed by atoms with E-state index < -0.39 is 12.1 Å². The summed E-state index contributed by atoms with van der Waals surface area (Å²) in [5.41, 5.74) is 4.47. The molecule has 0 bridgehead atoms. The van der Waals surface area contributed by atoms with Gasteiger partial charge in [-0.15, -0.1) is 0 Å². The standard InChI is InChI=1S/C28H30N2O5/c1-2-34-27(28(33)29-25(18-31)20-8-4-3-5-9-20)16-19-7-6-10-22(15-19)24-17-26(35-30-24)21-11-13-23(32)14-12-21/h3-15,25-27,31-32H,2,16-18H2,1H3,(H,29,33)/t25-,26?,27-/m0/s1. The van der Waals surface area contributed by atoms with Gasteiger partial charge in [0, 0.05) is 19.4 Å². The number of aliphatic hydroxyl groups excluding tert-OH is 1. The summed E-state index contributed by atoms with van der Waals surface area (Å²) in [7, 11) is 0. The first kappa shape index (κ1) is 24.4. The number of hydrogen-bond donors (Lipinski definition) is 3. The molecule has 3 aromatic rings. The molecule has 0 aromatic heterocycles. The van der Waals surface area contributed by atoms with Crippen molar-refractivity contribution in [3.63, 3.8) is 0 Å². The molecule has 1 amide bonds. The smallest absolute Gasteiger partial charge is 0.250 e. The lowest BCUT2D eigenvalue weighted by Gasteiger charge is -2.22. The van der Waals surface area contributed by atoms with Gasteiger partial charge in [-0.1, -0.05) is 65.8 Å². The van der Waals surface area contributed by atoms with Crippen LogP contribution in [0.2, 0.25) is 0 Å². The van der Waals surface area contributed by atoms with Crippen LogP contribution in [0.5, 0.6) is 5.75 Å². The fourth-order valence-corrected chi connectivity index (χ4v) is 4.12. The van der Waals surface area contributed by atoms with Crippen LogP contribution in [-0.4, -0.2) is 41.1 Å². The van der Waals surface area contributed by atoms with Gasteiger partial charge < -0.3 is 25.1 Å². The van der Waals surface area contributed by atoms with E-state index in [0.717, 1.165) is 28.0 Å². The maximum Gasteiger partial charge on any atom is 0.250 e. The number of aromatic hydroxyl groups is 1. The Labute approximate surface area is 205 Å². The van der Waals surface area contributed by atoms with Gasteiger partial charge in [0.1, 0.15) is 11.9 Å². The minimum atomic E-state index is -0.695. The van der Waals surface area contributed by atoms with Crippen LogP contribution in [0.25, 0.3) is 0 Å². The summed E-state index contributed by atoms with van der Waals surface area (Å²) in [6, 6.07) is 23.7. The van der Waals surface area contributed by atoms with Gasteiger partial charge in [0.25, 0.3) is 0 Å². The number of oxime groups is 1. The molecule has 0 saturated heterocycles. The third-order valence-corrected chi connectivity index (χ3v) is 5.98. The van der Waals surface area contributed by atoms with Crippen molar-refractivity contribution in [1.82, 2.24) is 5.32 Å². The highest BCUT2D eigenvalue weighted by Gasteiger charge is 2.26. The number of aliphatic hydroxyl groups is 1. The fraction of sp³-hybridized carbons (Fsp3) is 0.286. The van der Waals surface area contributed by atoms with Crippen molar-refractivity contribution in [2.75, 3.05) is 13.2 Å². The van der Waals surface area contributed by atoms with Gasteiger partial charge in [-0.05, 0) is 47.4 Å². The Morgan fingerprint density at radius 2 is 1.89 bits per heavy atom. The van der Waals surface area contributed by atoms with Crippen molar-refractivity contribution in [2.45, 2.75) is 38.0 Å². The molecule has 182 valence electrons. The van der Waals surface area contributed by atoms with E-state index in [1.807, 2.05) is 73.7 Å². The van der Waals surface area contributed by atoms with Gasteiger partial charge in [-0.25, -0.2) is 0 Å². The highest BCUT2D eigenvalue weighted by molar-refractivity contribution is 6.01. The maximum atomic E-state index is 13.0. The van der Waals surface area contributed by atoms with Crippen molar-refractivity contribution in [2.24, 2.45) is 5.16 Å². The second-order valence-corrected chi connectivity index (χ2v) is 8.43. The number of benzene rings is 3. The van der Waals surface area contributed by atoms with Crippen LogP contribution in [-0.2, 0) is 20.8 Å². The molecule has 4 rings (SSSR count). The average molecular weight is 475 g/mol. The summed E-state index contributed by atoms with van der Waals surface area (Å²) in [6.45, 7) is 2.04. The monoisotopic (exact) mass is 474 g/mol. The predicted molar refractivity (Wildman–Crippen MR) is 133 cm³/mol. The second-order valence-electron chi connectivity index (χ2n) is 8.43. The van der Waals surface area contributed by atoms with Crippen molar-refractivity contribution < 1.29 is 24.6 Å². The largest absolute Gasteiger partial charge is 0.508 e. The van der Waals surface area contributed by atoms with E-state index >= 15 is 0 Å². The molecule has 1 aliphatic heterocycles. The van der Waals surface area contributed by atoms with E-state index in [0.29, 0.717) is 19.4 Å². The van der Waals surface area contributed by atoms with E-state index in [-0.39, 0.29) is 24.4 Å². The van der Waals surface area contributed by atoms with Crippen molar-refractivity contribution >= 4 is 11.6 Å². The lowest BCUT2D eigenvalue weighted by molar-refractivity contribution is -0.133. The van der Waals surface area contributed by atoms with E-state index in [1.54, 1.807) is 12.1 Å². The number of carbonyl (C=O) groups is 1. The van der Waals surface area contributed by atoms with E-state index in [1.165, 1.54) is 0 Å². The Morgan fingerprint density at radius 3 is 2.60 bits per heavy atom. The topological polar surface area (TPSA) is 100 Å². The first-order valence-corrected chi connectivity index (χ1v) is 11.8. The number of hydrogen-bond acceptors (Lipinski definition) is 6. The molecule has 0 radical (unpaired) electrons. The van der Waals surface area contributed by atoms with Crippen LogP contribution in [0.4, 0.5) is 0 Å². The van der Waals surface area contributed by atoms with Crippen LogP contribution in [0, 0.1) is 0 Å². The summed E-state index contributed by atoms with van der Waals surface area (Å²) < 4.78 is 5.77. The highest BCUT2D eigenvalue weighted by atomic mass is 16.6. The summed E-state index contributed by atoms with van der Waals surface area (Å²) >= 11 is 0. The van der Waals surface area contributed by atoms with Crippen LogP contribution < -0.4 is 5.32 Å². The van der Waals surface area contributed by atoms with Gasteiger partial charge in [-0.3, -0.25) is 4.79 Å². The summed E-state index contributed by atoms with van der Waals surface area (Å²) in [4.78, 5) is 18.7. The molecular weight excluding hydrogens is 444 g/mol.